The van der Waals surface area contributed by atoms with Crippen molar-refractivity contribution >= 4 is 22.4 Å². The Labute approximate surface area is 148 Å². The lowest BCUT2D eigenvalue weighted by atomic mass is 10.0. The number of thiazole rings is 1. The van der Waals surface area contributed by atoms with E-state index in [1.54, 1.807) is 29.7 Å². The number of furan rings is 1. The fraction of sp³-hybridized carbons (Fsp3) is 0.389. The summed E-state index contributed by atoms with van der Waals surface area (Å²) in [6.45, 7) is 0. The maximum atomic E-state index is 12.9. The third-order valence-electron chi connectivity index (χ3n) is 5.02. The molecule has 6 nitrogen and oxygen atoms in total. The Kier molecular flexibility index (Phi) is 3.31. The summed E-state index contributed by atoms with van der Waals surface area (Å²) in [6, 6.07) is 5.41. The number of hydrogen-bond donors (Lipinski definition) is 1. The van der Waals surface area contributed by atoms with E-state index in [-0.39, 0.29) is 5.91 Å². The van der Waals surface area contributed by atoms with Crippen molar-refractivity contribution in [3.8, 4) is 11.5 Å². The summed E-state index contributed by atoms with van der Waals surface area (Å²) in [5, 5.41) is 7.84. The lowest BCUT2D eigenvalue weighted by Gasteiger charge is -2.10. The molecule has 1 fully saturated rings. The maximum Gasteiger partial charge on any atom is 0.238 e. The zero-order chi connectivity index (χ0) is 16.9. The highest BCUT2D eigenvalue weighted by Gasteiger charge is 2.54. The molecule has 0 aliphatic heterocycles. The monoisotopic (exact) mass is 355 g/mol. The average molecular weight is 355 g/mol. The highest BCUT2D eigenvalue weighted by Crippen LogP contribution is 2.49. The number of anilines is 1. The minimum Gasteiger partial charge on any atom is -0.461 e. The van der Waals surface area contributed by atoms with Crippen LogP contribution in [0.3, 0.4) is 0 Å². The molecule has 3 aromatic heterocycles. The van der Waals surface area contributed by atoms with Gasteiger partial charge in [-0.3, -0.25) is 4.79 Å². The number of hydrogen-bond acceptors (Lipinski definition) is 6. The molecule has 0 unspecified atom stereocenters. The molecule has 2 aliphatic rings. The third kappa shape index (κ3) is 2.50. The summed E-state index contributed by atoms with van der Waals surface area (Å²) < 4.78 is 10.7. The molecule has 2 aliphatic carbocycles. The van der Waals surface area contributed by atoms with Crippen LogP contribution in [0.25, 0.3) is 11.5 Å². The van der Waals surface area contributed by atoms with E-state index in [0.717, 1.165) is 31.4 Å². The number of carbonyl (C=O) groups is 1. The smallest absolute Gasteiger partial charge is 0.238 e. The second-order valence-corrected chi connectivity index (χ2v) is 7.77. The molecule has 3 heterocycles. The van der Waals surface area contributed by atoms with E-state index in [0.29, 0.717) is 22.3 Å². The SMILES string of the molecule is O=C(Nc1nc2c(s1)CCCC2)C1(c2cc(-c3ccco3)on2)CC1. The molecule has 0 aromatic carbocycles. The van der Waals surface area contributed by atoms with Crippen molar-refractivity contribution in [1.82, 2.24) is 10.1 Å². The number of amides is 1. The number of aromatic nitrogens is 2. The molecule has 5 rings (SSSR count). The molecule has 0 atom stereocenters. The van der Waals surface area contributed by atoms with Crippen LogP contribution in [-0.2, 0) is 23.1 Å². The van der Waals surface area contributed by atoms with Gasteiger partial charge in [0.1, 0.15) is 0 Å². The molecule has 3 aromatic rings. The predicted octanol–water partition coefficient (Wildman–Crippen LogP) is 3.94. The number of nitrogens with zero attached hydrogens (tertiary/aromatic N) is 2. The Morgan fingerprint density at radius 3 is 2.88 bits per heavy atom. The summed E-state index contributed by atoms with van der Waals surface area (Å²) in [5.41, 5.74) is 1.22. The van der Waals surface area contributed by atoms with Crippen LogP contribution in [0, 0.1) is 0 Å². The first-order valence-corrected chi connectivity index (χ1v) is 9.37. The number of rotatable bonds is 4. The number of carbonyl (C=O) groups excluding carboxylic acids is 1. The van der Waals surface area contributed by atoms with Gasteiger partial charge < -0.3 is 14.3 Å². The van der Waals surface area contributed by atoms with Gasteiger partial charge in [-0.25, -0.2) is 4.98 Å². The molecule has 1 saturated carbocycles. The van der Waals surface area contributed by atoms with E-state index in [4.69, 9.17) is 8.94 Å². The number of fused-ring (bicyclic) bond motifs is 1. The minimum absolute atomic E-state index is 0.0436. The molecule has 25 heavy (non-hydrogen) atoms. The fourth-order valence-electron chi connectivity index (χ4n) is 3.38. The van der Waals surface area contributed by atoms with Crippen LogP contribution in [0.4, 0.5) is 5.13 Å². The van der Waals surface area contributed by atoms with E-state index in [1.807, 2.05) is 6.07 Å². The molecule has 0 saturated heterocycles. The van der Waals surface area contributed by atoms with Crippen LogP contribution in [-0.4, -0.2) is 16.0 Å². The van der Waals surface area contributed by atoms with Gasteiger partial charge in [-0.2, -0.15) is 0 Å². The Morgan fingerprint density at radius 2 is 2.12 bits per heavy atom. The van der Waals surface area contributed by atoms with Gasteiger partial charge in [0, 0.05) is 10.9 Å². The van der Waals surface area contributed by atoms with Crippen molar-refractivity contribution in [1.29, 1.82) is 0 Å². The van der Waals surface area contributed by atoms with Gasteiger partial charge in [-0.15, -0.1) is 11.3 Å². The van der Waals surface area contributed by atoms with E-state index < -0.39 is 5.41 Å². The Balaban J connectivity index is 1.37. The molecule has 0 spiro atoms. The van der Waals surface area contributed by atoms with Crippen LogP contribution >= 0.6 is 11.3 Å². The standard InChI is InChI=1S/C18H17N3O3S/c22-16(20-17-19-11-4-1-2-6-14(11)25-17)18(7-8-18)15-10-13(24-21-15)12-5-3-9-23-12/h3,5,9-10H,1-2,4,6-8H2,(H,19,20,22). The van der Waals surface area contributed by atoms with Gasteiger partial charge in [0.25, 0.3) is 0 Å². The normalized spacial score (nSPS) is 17.9. The van der Waals surface area contributed by atoms with Crippen LogP contribution in [0.15, 0.2) is 33.4 Å². The van der Waals surface area contributed by atoms with Crippen LogP contribution in [0.1, 0.15) is 41.9 Å². The molecule has 128 valence electrons. The third-order valence-corrected chi connectivity index (χ3v) is 6.09. The first kappa shape index (κ1) is 14.9. The predicted molar refractivity (Wildman–Crippen MR) is 92.5 cm³/mol. The summed E-state index contributed by atoms with van der Waals surface area (Å²) >= 11 is 1.60. The van der Waals surface area contributed by atoms with E-state index in [1.165, 1.54) is 17.7 Å². The van der Waals surface area contributed by atoms with Gasteiger partial charge in [0.15, 0.2) is 10.9 Å². The molecular formula is C18H17N3O3S. The van der Waals surface area contributed by atoms with Crippen molar-refractivity contribution < 1.29 is 13.7 Å². The lowest BCUT2D eigenvalue weighted by molar-refractivity contribution is -0.118. The Hall–Kier alpha value is -2.41. The maximum absolute atomic E-state index is 12.9. The summed E-state index contributed by atoms with van der Waals surface area (Å²) in [7, 11) is 0. The lowest BCUT2D eigenvalue weighted by Crippen LogP contribution is -2.28. The van der Waals surface area contributed by atoms with E-state index in [2.05, 4.69) is 15.5 Å². The highest BCUT2D eigenvalue weighted by molar-refractivity contribution is 7.15. The van der Waals surface area contributed by atoms with Gasteiger partial charge in [0.2, 0.25) is 11.7 Å². The molecule has 0 bridgehead atoms. The van der Waals surface area contributed by atoms with Crippen LogP contribution in [0.2, 0.25) is 0 Å². The fourth-order valence-corrected chi connectivity index (χ4v) is 4.43. The van der Waals surface area contributed by atoms with E-state index >= 15 is 0 Å². The van der Waals surface area contributed by atoms with Crippen LogP contribution in [0.5, 0.6) is 0 Å². The Bertz CT molecular complexity index is 898. The summed E-state index contributed by atoms with van der Waals surface area (Å²) in [6.07, 6.45) is 7.61. The zero-order valence-corrected chi connectivity index (χ0v) is 14.4. The average Bonchev–Trinajstić information content (AvgIpc) is 3.03. The molecule has 1 N–H and O–H groups in total. The van der Waals surface area contributed by atoms with Crippen molar-refractivity contribution in [3.05, 3.63) is 40.7 Å². The van der Waals surface area contributed by atoms with Gasteiger partial charge in [-0.1, -0.05) is 5.16 Å². The zero-order valence-electron chi connectivity index (χ0n) is 13.6. The summed E-state index contributed by atoms with van der Waals surface area (Å²) in [5.74, 6) is 1.12. The number of aryl methyl sites for hydroxylation is 2. The Morgan fingerprint density at radius 1 is 1.24 bits per heavy atom. The van der Waals surface area contributed by atoms with Gasteiger partial charge >= 0.3 is 0 Å². The highest BCUT2D eigenvalue weighted by atomic mass is 32.1. The first-order chi connectivity index (χ1) is 12.2. The number of nitrogens with one attached hydrogen (secondary N) is 1. The minimum atomic E-state index is -0.597. The van der Waals surface area contributed by atoms with Crippen molar-refractivity contribution in [3.63, 3.8) is 0 Å². The van der Waals surface area contributed by atoms with Crippen molar-refractivity contribution in [2.24, 2.45) is 0 Å². The largest absolute Gasteiger partial charge is 0.461 e. The molecule has 7 heteroatoms. The van der Waals surface area contributed by atoms with Gasteiger partial charge in [0.05, 0.1) is 23.1 Å². The van der Waals surface area contributed by atoms with E-state index in [9.17, 15) is 4.79 Å². The second-order valence-electron chi connectivity index (χ2n) is 6.69. The summed E-state index contributed by atoms with van der Waals surface area (Å²) in [4.78, 5) is 18.8. The first-order valence-electron chi connectivity index (χ1n) is 8.56. The second kappa shape index (κ2) is 5.56. The molecular weight excluding hydrogens is 338 g/mol. The topological polar surface area (TPSA) is 81.2 Å². The molecule has 1 amide bonds. The quantitative estimate of drug-likeness (QED) is 0.766. The van der Waals surface area contributed by atoms with Gasteiger partial charge in [-0.05, 0) is 50.7 Å². The molecule has 0 radical (unpaired) electrons. The van der Waals surface area contributed by atoms with Crippen molar-refractivity contribution in [2.45, 2.75) is 43.9 Å². The van der Waals surface area contributed by atoms with Crippen molar-refractivity contribution in [2.75, 3.05) is 5.32 Å². The van der Waals surface area contributed by atoms with Crippen LogP contribution < -0.4 is 5.32 Å².